The molecule has 0 aromatic heterocycles. The highest BCUT2D eigenvalue weighted by Crippen LogP contribution is 2.88. The van der Waals surface area contributed by atoms with Gasteiger partial charge in [0.25, 0.3) is 0 Å². The number of hydrogen-bond donors (Lipinski definition) is 1. The highest BCUT2D eigenvalue weighted by Gasteiger charge is 2.82. The lowest BCUT2D eigenvalue weighted by Gasteiger charge is -2.63. The molecule has 0 bridgehead atoms. The molecule has 5 rings (SSSR count). The molecule has 0 aromatic carbocycles. The van der Waals surface area contributed by atoms with E-state index >= 15 is 0 Å². The summed E-state index contributed by atoms with van der Waals surface area (Å²) >= 11 is 0. The fourth-order valence-electron chi connectivity index (χ4n) is 10.6. The summed E-state index contributed by atoms with van der Waals surface area (Å²) < 4.78 is 0. The molecular formula is C26H46N2. The molecule has 2 heteroatoms. The van der Waals surface area contributed by atoms with Crippen LogP contribution in [0.25, 0.3) is 0 Å². The zero-order valence-electron chi connectivity index (χ0n) is 19.8. The normalized spacial score (nSPS) is 57.8. The monoisotopic (exact) mass is 386 g/mol. The van der Waals surface area contributed by atoms with Crippen molar-refractivity contribution in [1.82, 2.24) is 4.90 Å². The second kappa shape index (κ2) is 5.58. The molecule has 5 aliphatic carbocycles. The van der Waals surface area contributed by atoms with Crippen LogP contribution < -0.4 is 5.73 Å². The minimum atomic E-state index is 0.339. The fraction of sp³-hybridized carbons (Fsp3) is 1.00. The lowest BCUT2D eigenvalue weighted by atomic mass is 9.42. The standard InChI is InChI=1S/C26H46N2/c1-17(28(6)7)18-10-12-24(5)20-9-8-19-22(2,3)21(27)11-13-25(19)16-26(20,25)15-14-23(18,24)4/h17-21H,8-16,27H2,1-7H3/t17-,18+,19-,20-,21-,23+,24-,25+,26-/m0/s1. The number of nitrogens with zero attached hydrogens (tertiary/aromatic N) is 1. The number of rotatable bonds is 2. The van der Waals surface area contributed by atoms with Gasteiger partial charge in [-0.3, -0.25) is 0 Å². The average Bonchev–Trinajstić information content (AvgIpc) is 3.21. The van der Waals surface area contributed by atoms with Gasteiger partial charge < -0.3 is 10.6 Å². The lowest BCUT2D eigenvalue weighted by molar-refractivity contribution is -0.144. The maximum Gasteiger partial charge on any atom is 0.00945 e. The van der Waals surface area contributed by atoms with Gasteiger partial charge in [-0.05, 0) is 124 Å². The molecule has 2 N–H and O–H groups in total. The van der Waals surface area contributed by atoms with Gasteiger partial charge in [0.15, 0.2) is 0 Å². The maximum absolute atomic E-state index is 6.67. The molecule has 0 unspecified atom stereocenters. The Morgan fingerprint density at radius 2 is 1.43 bits per heavy atom. The molecule has 160 valence electrons. The Morgan fingerprint density at radius 3 is 2.11 bits per heavy atom. The molecule has 5 aliphatic rings. The Kier molecular flexibility index (Phi) is 3.96. The number of hydrogen-bond acceptors (Lipinski definition) is 2. The SMILES string of the molecule is C[C@@H]([C@H]1CC[C@@]2(C)[C@@H]3CC[C@H]4C(C)(C)[C@@H](N)CC[C@@]45C[C@@]35CC[C@]12C)N(C)C. The first-order valence-corrected chi connectivity index (χ1v) is 12.4. The van der Waals surface area contributed by atoms with Crippen LogP contribution in [0.5, 0.6) is 0 Å². The van der Waals surface area contributed by atoms with E-state index < -0.39 is 0 Å². The van der Waals surface area contributed by atoms with Crippen molar-refractivity contribution < 1.29 is 0 Å². The molecule has 2 nitrogen and oxygen atoms in total. The van der Waals surface area contributed by atoms with Crippen LogP contribution in [-0.4, -0.2) is 31.1 Å². The third kappa shape index (κ3) is 1.99. The van der Waals surface area contributed by atoms with Gasteiger partial charge in [-0.15, -0.1) is 0 Å². The third-order valence-electron chi connectivity index (χ3n) is 12.7. The first kappa shape index (κ1) is 19.9. The Labute approximate surface area is 174 Å². The van der Waals surface area contributed by atoms with E-state index in [1.54, 1.807) is 6.42 Å². The van der Waals surface area contributed by atoms with E-state index in [9.17, 15) is 0 Å². The Balaban J connectivity index is 1.50. The Bertz CT molecular complexity index is 669. The number of fused-ring (bicyclic) bond motifs is 2. The summed E-state index contributed by atoms with van der Waals surface area (Å²) in [7, 11) is 4.59. The zero-order chi connectivity index (χ0) is 20.3. The molecule has 0 aliphatic heterocycles. The van der Waals surface area contributed by atoms with Gasteiger partial charge in [-0.25, -0.2) is 0 Å². The quantitative estimate of drug-likeness (QED) is 0.659. The van der Waals surface area contributed by atoms with Crippen molar-refractivity contribution in [2.24, 2.45) is 50.6 Å². The van der Waals surface area contributed by atoms with Gasteiger partial charge in [0, 0.05) is 12.1 Å². The van der Waals surface area contributed by atoms with Gasteiger partial charge in [-0.1, -0.05) is 27.7 Å². The van der Waals surface area contributed by atoms with E-state index in [-0.39, 0.29) is 0 Å². The molecule has 0 heterocycles. The summed E-state index contributed by atoms with van der Waals surface area (Å²) in [5, 5.41) is 0. The summed E-state index contributed by atoms with van der Waals surface area (Å²) in [6.45, 7) is 13.0. The minimum absolute atomic E-state index is 0.339. The first-order valence-electron chi connectivity index (χ1n) is 12.4. The molecular weight excluding hydrogens is 340 g/mol. The molecule has 0 aromatic rings. The van der Waals surface area contributed by atoms with Crippen LogP contribution in [0.2, 0.25) is 0 Å². The van der Waals surface area contributed by atoms with Crippen molar-refractivity contribution in [3.05, 3.63) is 0 Å². The predicted molar refractivity (Wildman–Crippen MR) is 118 cm³/mol. The van der Waals surface area contributed by atoms with Crippen molar-refractivity contribution in [3.63, 3.8) is 0 Å². The minimum Gasteiger partial charge on any atom is -0.327 e. The third-order valence-corrected chi connectivity index (χ3v) is 12.7. The van der Waals surface area contributed by atoms with Crippen molar-refractivity contribution >= 4 is 0 Å². The second-order valence-electron chi connectivity index (χ2n) is 13.3. The summed E-state index contributed by atoms with van der Waals surface area (Å²) in [6.07, 6.45) is 13.1. The van der Waals surface area contributed by atoms with Crippen LogP contribution in [0, 0.1) is 44.8 Å². The van der Waals surface area contributed by atoms with Gasteiger partial charge >= 0.3 is 0 Å². The van der Waals surface area contributed by atoms with E-state index in [1.807, 2.05) is 0 Å². The summed E-state index contributed by atoms with van der Waals surface area (Å²) in [4.78, 5) is 2.49. The maximum atomic E-state index is 6.67. The van der Waals surface area contributed by atoms with Crippen molar-refractivity contribution in [2.45, 2.75) is 104 Å². The van der Waals surface area contributed by atoms with Crippen LogP contribution in [-0.2, 0) is 0 Å². The van der Waals surface area contributed by atoms with Crippen LogP contribution in [0.15, 0.2) is 0 Å². The zero-order valence-corrected chi connectivity index (χ0v) is 19.8. The van der Waals surface area contributed by atoms with Gasteiger partial charge in [0.2, 0.25) is 0 Å². The molecule has 5 saturated carbocycles. The fourth-order valence-corrected chi connectivity index (χ4v) is 10.6. The van der Waals surface area contributed by atoms with Gasteiger partial charge in [0.05, 0.1) is 0 Å². The van der Waals surface area contributed by atoms with Gasteiger partial charge in [0.1, 0.15) is 0 Å². The topological polar surface area (TPSA) is 29.3 Å². The van der Waals surface area contributed by atoms with Crippen LogP contribution in [0.3, 0.4) is 0 Å². The molecule has 0 saturated heterocycles. The van der Waals surface area contributed by atoms with Gasteiger partial charge in [-0.2, -0.15) is 0 Å². The van der Waals surface area contributed by atoms with Crippen LogP contribution in [0.1, 0.15) is 92.4 Å². The molecule has 9 atom stereocenters. The lowest BCUT2D eigenvalue weighted by Crippen LogP contribution is -2.59. The highest BCUT2D eigenvalue weighted by atomic mass is 15.1. The summed E-state index contributed by atoms with van der Waals surface area (Å²) in [6, 6.07) is 1.12. The Morgan fingerprint density at radius 1 is 0.786 bits per heavy atom. The Hall–Kier alpha value is -0.0800. The predicted octanol–water partition coefficient (Wildman–Crippen LogP) is 5.70. The molecule has 28 heavy (non-hydrogen) atoms. The number of nitrogens with two attached hydrogens (primary N) is 1. The van der Waals surface area contributed by atoms with Crippen molar-refractivity contribution in [3.8, 4) is 0 Å². The van der Waals surface area contributed by atoms with E-state index in [0.717, 1.165) is 17.8 Å². The van der Waals surface area contributed by atoms with Crippen LogP contribution in [0.4, 0.5) is 0 Å². The van der Waals surface area contributed by atoms with E-state index in [1.165, 1.54) is 51.4 Å². The van der Waals surface area contributed by atoms with E-state index in [0.29, 0.717) is 39.2 Å². The highest BCUT2D eigenvalue weighted by molar-refractivity contribution is 5.30. The molecule has 0 amide bonds. The summed E-state index contributed by atoms with van der Waals surface area (Å²) in [5.74, 6) is 2.72. The van der Waals surface area contributed by atoms with E-state index in [4.69, 9.17) is 5.73 Å². The van der Waals surface area contributed by atoms with Crippen molar-refractivity contribution in [2.75, 3.05) is 14.1 Å². The largest absolute Gasteiger partial charge is 0.327 e. The summed E-state index contributed by atoms with van der Waals surface area (Å²) in [5.41, 5.74) is 9.43. The van der Waals surface area contributed by atoms with E-state index in [2.05, 4.69) is 53.6 Å². The first-order chi connectivity index (χ1) is 13.0. The van der Waals surface area contributed by atoms with Crippen molar-refractivity contribution in [1.29, 1.82) is 0 Å². The van der Waals surface area contributed by atoms with Crippen LogP contribution >= 0.6 is 0 Å². The molecule has 2 spiro atoms. The second-order valence-corrected chi connectivity index (χ2v) is 13.3. The average molecular weight is 387 g/mol. The molecule has 0 radical (unpaired) electrons. The smallest absolute Gasteiger partial charge is 0.00945 e. The molecule has 5 fully saturated rings.